The molecule has 1 N–H and O–H groups in total. The molecule has 6 nitrogen and oxygen atoms in total. The largest absolute Gasteiger partial charge is 0.497 e. The van der Waals surface area contributed by atoms with Gasteiger partial charge in [-0.2, -0.15) is 0 Å². The zero-order chi connectivity index (χ0) is 18.4. The van der Waals surface area contributed by atoms with Crippen molar-refractivity contribution in [2.24, 2.45) is 5.92 Å². The van der Waals surface area contributed by atoms with Crippen LogP contribution >= 0.6 is 11.6 Å². The SMILES string of the molecule is CCN(CC)C(=O)C1CCN(C(=O)Nc2ccc(OC)cc2Cl)CC1. The predicted octanol–water partition coefficient (Wildman–Crippen LogP) is 3.46. The quantitative estimate of drug-likeness (QED) is 0.866. The molecule has 0 radical (unpaired) electrons. The Morgan fingerprint density at radius 1 is 1.28 bits per heavy atom. The summed E-state index contributed by atoms with van der Waals surface area (Å²) in [5.41, 5.74) is 0.550. The Hall–Kier alpha value is -1.95. The van der Waals surface area contributed by atoms with Crippen molar-refractivity contribution in [1.82, 2.24) is 9.80 Å². The zero-order valence-electron chi connectivity index (χ0n) is 15.0. The smallest absolute Gasteiger partial charge is 0.321 e. The van der Waals surface area contributed by atoms with Crippen LogP contribution in [0.4, 0.5) is 10.5 Å². The van der Waals surface area contributed by atoms with Crippen LogP contribution in [0.25, 0.3) is 0 Å². The molecule has 0 aliphatic carbocycles. The van der Waals surface area contributed by atoms with Crippen LogP contribution in [-0.2, 0) is 4.79 Å². The van der Waals surface area contributed by atoms with Crippen molar-refractivity contribution in [1.29, 1.82) is 0 Å². The molecular weight excluding hydrogens is 342 g/mol. The third-order valence-electron chi connectivity index (χ3n) is 4.62. The number of likely N-dealkylation sites (tertiary alicyclic amines) is 1. The van der Waals surface area contributed by atoms with Gasteiger partial charge in [-0.1, -0.05) is 11.6 Å². The molecule has 1 fully saturated rings. The monoisotopic (exact) mass is 367 g/mol. The highest BCUT2D eigenvalue weighted by atomic mass is 35.5. The molecule has 138 valence electrons. The summed E-state index contributed by atoms with van der Waals surface area (Å²) in [4.78, 5) is 28.4. The van der Waals surface area contributed by atoms with Crippen LogP contribution in [0.3, 0.4) is 0 Å². The molecule has 0 saturated carbocycles. The van der Waals surface area contributed by atoms with Gasteiger partial charge < -0.3 is 19.9 Å². The number of carbonyl (C=O) groups excluding carboxylic acids is 2. The number of nitrogens with one attached hydrogen (secondary N) is 1. The van der Waals surface area contributed by atoms with Crippen molar-refractivity contribution in [3.05, 3.63) is 23.2 Å². The van der Waals surface area contributed by atoms with Crippen molar-refractivity contribution in [2.45, 2.75) is 26.7 Å². The standard InChI is InChI=1S/C18H26ClN3O3/c1-4-21(5-2)17(23)13-8-10-22(11-9-13)18(24)20-16-7-6-14(25-3)12-15(16)19/h6-7,12-13H,4-5,8-11H2,1-3H3,(H,20,24). The normalized spacial score (nSPS) is 15.0. The maximum absolute atomic E-state index is 12.4. The number of urea groups is 1. The van der Waals surface area contributed by atoms with E-state index in [1.807, 2.05) is 18.7 Å². The van der Waals surface area contributed by atoms with Gasteiger partial charge in [0.05, 0.1) is 17.8 Å². The summed E-state index contributed by atoms with van der Waals surface area (Å²) in [5.74, 6) is 0.843. The van der Waals surface area contributed by atoms with Crippen LogP contribution in [-0.4, -0.2) is 55.0 Å². The minimum atomic E-state index is -0.194. The molecule has 0 atom stereocenters. The minimum Gasteiger partial charge on any atom is -0.497 e. The Kier molecular flexibility index (Phi) is 6.93. The second-order valence-electron chi connectivity index (χ2n) is 6.05. The minimum absolute atomic E-state index is 0.00789. The highest BCUT2D eigenvalue weighted by Crippen LogP contribution is 2.27. The number of nitrogens with zero attached hydrogens (tertiary/aromatic N) is 2. The number of amides is 3. The number of methoxy groups -OCH3 is 1. The van der Waals surface area contributed by atoms with Crippen LogP contribution in [0.15, 0.2) is 18.2 Å². The molecule has 7 heteroatoms. The number of piperidine rings is 1. The number of carbonyl (C=O) groups is 2. The fourth-order valence-corrected chi connectivity index (χ4v) is 3.26. The van der Waals surface area contributed by atoms with Crippen molar-refractivity contribution in [3.8, 4) is 5.75 Å². The third kappa shape index (κ3) is 4.78. The Morgan fingerprint density at radius 3 is 2.44 bits per heavy atom. The molecule has 3 amide bonds. The topological polar surface area (TPSA) is 61.9 Å². The average Bonchev–Trinajstić information content (AvgIpc) is 2.64. The van der Waals surface area contributed by atoms with Gasteiger partial charge in [-0.25, -0.2) is 4.79 Å². The Balaban J connectivity index is 1.90. The van der Waals surface area contributed by atoms with E-state index >= 15 is 0 Å². The molecule has 25 heavy (non-hydrogen) atoms. The maximum atomic E-state index is 12.4. The van der Waals surface area contributed by atoms with E-state index in [9.17, 15) is 9.59 Å². The first kappa shape index (κ1) is 19.4. The summed E-state index contributed by atoms with van der Waals surface area (Å²) >= 11 is 6.16. The summed E-state index contributed by atoms with van der Waals surface area (Å²) < 4.78 is 5.10. The van der Waals surface area contributed by atoms with Gasteiger partial charge >= 0.3 is 6.03 Å². The van der Waals surface area contributed by atoms with Gasteiger partial charge in [0.15, 0.2) is 0 Å². The second kappa shape index (κ2) is 8.94. The second-order valence-corrected chi connectivity index (χ2v) is 6.45. The molecule has 1 saturated heterocycles. The Bertz CT molecular complexity index is 612. The predicted molar refractivity (Wildman–Crippen MR) is 99.2 cm³/mol. The fourth-order valence-electron chi connectivity index (χ4n) is 3.04. The molecule has 0 unspecified atom stereocenters. The molecule has 1 aliphatic rings. The van der Waals surface area contributed by atoms with E-state index in [-0.39, 0.29) is 17.9 Å². The summed E-state index contributed by atoms with van der Waals surface area (Å²) in [6, 6.07) is 4.93. The van der Waals surface area contributed by atoms with E-state index in [4.69, 9.17) is 16.3 Å². The first-order valence-corrected chi connectivity index (χ1v) is 9.06. The van der Waals surface area contributed by atoms with Crippen molar-refractivity contribution < 1.29 is 14.3 Å². The highest BCUT2D eigenvalue weighted by molar-refractivity contribution is 6.33. The van der Waals surface area contributed by atoms with Crippen molar-refractivity contribution in [2.75, 3.05) is 38.6 Å². The summed E-state index contributed by atoms with van der Waals surface area (Å²) in [6.07, 6.45) is 1.39. The molecule has 2 rings (SSSR count). The molecule has 1 aromatic carbocycles. The van der Waals surface area contributed by atoms with Crippen LogP contribution in [0.2, 0.25) is 5.02 Å². The molecule has 1 aromatic rings. The van der Waals surface area contributed by atoms with E-state index in [0.29, 0.717) is 42.4 Å². The number of hydrogen-bond donors (Lipinski definition) is 1. The molecule has 1 heterocycles. The number of hydrogen-bond acceptors (Lipinski definition) is 3. The third-order valence-corrected chi connectivity index (χ3v) is 4.94. The first-order chi connectivity index (χ1) is 12.0. The molecule has 0 aromatic heterocycles. The van der Waals surface area contributed by atoms with Crippen LogP contribution in [0, 0.1) is 5.92 Å². The van der Waals surface area contributed by atoms with Gasteiger partial charge in [0.2, 0.25) is 5.91 Å². The Labute approximate surface area is 154 Å². The van der Waals surface area contributed by atoms with Crippen molar-refractivity contribution >= 4 is 29.2 Å². The summed E-state index contributed by atoms with van der Waals surface area (Å²) in [6.45, 7) is 6.57. The first-order valence-electron chi connectivity index (χ1n) is 8.68. The molecule has 1 aliphatic heterocycles. The molecule has 0 spiro atoms. The number of anilines is 1. The van der Waals surface area contributed by atoms with E-state index < -0.39 is 0 Å². The summed E-state index contributed by atoms with van der Waals surface area (Å²) in [5, 5.41) is 3.25. The lowest BCUT2D eigenvalue weighted by Crippen LogP contribution is -2.45. The lowest BCUT2D eigenvalue weighted by atomic mass is 9.95. The lowest BCUT2D eigenvalue weighted by molar-refractivity contribution is -0.136. The molecular formula is C18H26ClN3O3. The lowest BCUT2D eigenvalue weighted by Gasteiger charge is -2.33. The summed E-state index contributed by atoms with van der Waals surface area (Å²) in [7, 11) is 1.56. The van der Waals surface area contributed by atoms with E-state index in [0.717, 1.165) is 13.1 Å². The van der Waals surface area contributed by atoms with E-state index in [2.05, 4.69) is 5.32 Å². The zero-order valence-corrected chi connectivity index (χ0v) is 15.8. The molecule has 0 bridgehead atoms. The number of benzene rings is 1. The highest BCUT2D eigenvalue weighted by Gasteiger charge is 2.29. The van der Waals surface area contributed by atoms with E-state index in [1.54, 1.807) is 30.2 Å². The van der Waals surface area contributed by atoms with Gasteiger partial charge in [0.25, 0.3) is 0 Å². The van der Waals surface area contributed by atoms with Gasteiger partial charge in [-0.3, -0.25) is 4.79 Å². The van der Waals surface area contributed by atoms with Crippen LogP contribution in [0.1, 0.15) is 26.7 Å². The van der Waals surface area contributed by atoms with Gasteiger partial charge in [0.1, 0.15) is 5.75 Å². The van der Waals surface area contributed by atoms with Crippen LogP contribution < -0.4 is 10.1 Å². The fraction of sp³-hybridized carbons (Fsp3) is 0.556. The average molecular weight is 368 g/mol. The van der Waals surface area contributed by atoms with Gasteiger partial charge in [-0.05, 0) is 38.8 Å². The maximum Gasteiger partial charge on any atom is 0.321 e. The van der Waals surface area contributed by atoms with Gasteiger partial charge in [0, 0.05) is 38.2 Å². The number of halogens is 1. The number of ether oxygens (including phenoxy) is 1. The van der Waals surface area contributed by atoms with E-state index in [1.165, 1.54) is 0 Å². The van der Waals surface area contributed by atoms with Gasteiger partial charge in [-0.15, -0.1) is 0 Å². The number of rotatable bonds is 5. The van der Waals surface area contributed by atoms with Crippen LogP contribution in [0.5, 0.6) is 5.75 Å². The Morgan fingerprint density at radius 2 is 1.92 bits per heavy atom. The van der Waals surface area contributed by atoms with Crippen molar-refractivity contribution in [3.63, 3.8) is 0 Å².